The summed E-state index contributed by atoms with van der Waals surface area (Å²) in [6, 6.07) is 0.369. The standard InChI is InChI=1S/C14H28N2O/c1-5-6-7-10-16(11(2)3)14(17)13-12(4)8-9-15-13/h11-13,15H,5-10H2,1-4H3. The predicted octanol–water partition coefficient (Wildman–Crippen LogP) is 2.41. The van der Waals surface area contributed by atoms with Gasteiger partial charge < -0.3 is 10.2 Å². The number of nitrogens with zero attached hydrogens (tertiary/aromatic N) is 1. The van der Waals surface area contributed by atoms with E-state index in [2.05, 4.69) is 37.9 Å². The van der Waals surface area contributed by atoms with Crippen LogP contribution in [0.25, 0.3) is 0 Å². The van der Waals surface area contributed by atoms with E-state index in [4.69, 9.17) is 0 Å². The third-order valence-corrected chi connectivity index (χ3v) is 3.71. The van der Waals surface area contributed by atoms with Gasteiger partial charge in [0.2, 0.25) is 5.91 Å². The van der Waals surface area contributed by atoms with Crippen molar-refractivity contribution >= 4 is 5.91 Å². The summed E-state index contributed by atoms with van der Waals surface area (Å²) in [6.45, 7) is 10.5. The van der Waals surface area contributed by atoms with Crippen LogP contribution in [0.1, 0.15) is 53.4 Å². The van der Waals surface area contributed by atoms with E-state index >= 15 is 0 Å². The monoisotopic (exact) mass is 240 g/mol. The second-order valence-corrected chi connectivity index (χ2v) is 5.53. The zero-order valence-corrected chi connectivity index (χ0v) is 11.8. The lowest BCUT2D eigenvalue weighted by Gasteiger charge is -2.30. The summed E-state index contributed by atoms with van der Waals surface area (Å²) in [5, 5.41) is 3.34. The second-order valence-electron chi connectivity index (χ2n) is 5.53. The number of nitrogens with one attached hydrogen (secondary N) is 1. The summed E-state index contributed by atoms with van der Waals surface area (Å²) in [5.74, 6) is 0.788. The van der Waals surface area contributed by atoms with Crippen LogP contribution in [0.4, 0.5) is 0 Å². The van der Waals surface area contributed by atoms with E-state index in [9.17, 15) is 4.79 Å². The van der Waals surface area contributed by atoms with Crippen LogP contribution in [0.5, 0.6) is 0 Å². The highest BCUT2D eigenvalue weighted by Gasteiger charge is 2.33. The zero-order chi connectivity index (χ0) is 12.8. The third-order valence-electron chi connectivity index (χ3n) is 3.71. The fourth-order valence-corrected chi connectivity index (χ4v) is 2.50. The summed E-state index contributed by atoms with van der Waals surface area (Å²) in [7, 11) is 0. The van der Waals surface area contributed by atoms with Crippen LogP contribution in [-0.4, -0.2) is 36.0 Å². The molecule has 1 saturated heterocycles. The highest BCUT2D eigenvalue weighted by atomic mass is 16.2. The van der Waals surface area contributed by atoms with Crippen LogP contribution >= 0.6 is 0 Å². The highest BCUT2D eigenvalue weighted by molar-refractivity contribution is 5.82. The minimum Gasteiger partial charge on any atom is -0.339 e. The molecule has 2 unspecified atom stereocenters. The molecule has 0 spiro atoms. The van der Waals surface area contributed by atoms with Crippen molar-refractivity contribution in [1.82, 2.24) is 10.2 Å². The molecule has 0 aromatic heterocycles. The number of hydrogen-bond donors (Lipinski definition) is 1. The summed E-state index contributed by atoms with van der Waals surface area (Å²) in [5.41, 5.74) is 0. The summed E-state index contributed by atoms with van der Waals surface area (Å²) < 4.78 is 0. The normalized spacial score (nSPS) is 24.3. The SMILES string of the molecule is CCCCCN(C(=O)C1NCCC1C)C(C)C. The van der Waals surface area contributed by atoms with Gasteiger partial charge in [-0.05, 0) is 39.2 Å². The Balaban J connectivity index is 2.53. The van der Waals surface area contributed by atoms with Gasteiger partial charge in [0.25, 0.3) is 0 Å². The van der Waals surface area contributed by atoms with E-state index in [-0.39, 0.29) is 6.04 Å². The Morgan fingerprint density at radius 1 is 1.41 bits per heavy atom. The Kier molecular flexibility index (Phi) is 5.96. The van der Waals surface area contributed by atoms with E-state index in [1.807, 2.05) is 0 Å². The van der Waals surface area contributed by atoms with Gasteiger partial charge in [0.1, 0.15) is 0 Å². The van der Waals surface area contributed by atoms with Crippen molar-refractivity contribution in [3.05, 3.63) is 0 Å². The van der Waals surface area contributed by atoms with Gasteiger partial charge in [-0.3, -0.25) is 4.79 Å². The molecule has 17 heavy (non-hydrogen) atoms. The first kappa shape index (κ1) is 14.5. The lowest BCUT2D eigenvalue weighted by atomic mass is 10.0. The molecule has 2 atom stereocenters. The van der Waals surface area contributed by atoms with Crippen molar-refractivity contribution in [2.75, 3.05) is 13.1 Å². The van der Waals surface area contributed by atoms with Gasteiger partial charge in [-0.1, -0.05) is 26.7 Å². The van der Waals surface area contributed by atoms with Crippen LogP contribution in [0.3, 0.4) is 0 Å². The topological polar surface area (TPSA) is 32.3 Å². The molecule has 3 heteroatoms. The van der Waals surface area contributed by atoms with E-state index < -0.39 is 0 Å². The van der Waals surface area contributed by atoms with Crippen LogP contribution in [0, 0.1) is 5.92 Å². The molecular weight excluding hydrogens is 212 g/mol. The molecule has 1 heterocycles. The Morgan fingerprint density at radius 2 is 2.12 bits per heavy atom. The van der Waals surface area contributed by atoms with Crippen molar-refractivity contribution in [3.8, 4) is 0 Å². The van der Waals surface area contributed by atoms with E-state index in [0.717, 1.165) is 25.9 Å². The lowest BCUT2D eigenvalue weighted by Crippen LogP contribution is -2.49. The van der Waals surface area contributed by atoms with Gasteiger partial charge in [-0.25, -0.2) is 0 Å². The zero-order valence-electron chi connectivity index (χ0n) is 11.8. The van der Waals surface area contributed by atoms with Gasteiger partial charge >= 0.3 is 0 Å². The molecule has 1 fully saturated rings. The fourth-order valence-electron chi connectivity index (χ4n) is 2.50. The lowest BCUT2D eigenvalue weighted by molar-refractivity contribution is -0.135. The highest BCUT2D eigenvalue weighted by Crippen LogP contribution is 2.18. The van der Waals surface area contributed by atoms with Crippen molar-refractivity contribution in [2.24, 2.45) is 5.92 Å². The van der Waals surface area contributed by atoms with Gasteiger partial charge in [0.05, 0.1) is 6.04 Å². The summed E-state index contributed by atoms with van der Waals surface area (Å²) >= 11 is 0. The molecule has 1 aliphatic heterocycles. The minimum absolute atomic E-state index is 0.0547. The van der Waals surface area contributed by atoms with Crippen molar-refractivity contribution in [3.63, 3.8) is 0 Å². The molecule has 1 N–H and O–H groups in total. The molecule has 3 nitrogen and oxygen atoms in total. The van der Waals surface area contributed by atoms with Crippen LogP contribution < -0.4 is 5.32 Å². The fraction of sp³-hybridized carbons (Fsp3) is 0.929. The molecule has 0 bridgehead atoms. The predicted molar refractivity (Wildman–Crippen MR) is 71.9 cm³/mol. The smallest absolute Gasteiger partial charge is 0.240 e. The maximum absolute atomic E-state index is 12.5. The number of hydrogen-bond acceptors (Lipinski definition) is 2. The number of rotatable bonds is 6. The van der Waals surface area contributed by atoms with Gasteiger partial charge in [0, 0.05) is 12.6 Å². The Hall–Kier alpha value is -0.570. The van der Waals surface area contributed by atoms with Crippen molar-refractivity contribution < 1.29 is 4.79 Å². The maximum Gasteiger partial charge on any atom is 0.240 e. The molecule has 1 aliphatic rings. The Labute approximate surface area is 106 Å². The van der Waals surface area contributed by atoms with Crippen molar-refractivity contribution in [2.45, 2.75) is 65.5 Å². The van der Waals surface area contributed by atoms with E-state index in [0.29, 0.717) is 17.9 Å². The van der Waals surface area contributed by atoms with Crippen LogP contribution in [0.2, 0.25) is 0 Å². The molecule has 0 saturated carbocycles. The molecular formula is C14H28N2O. The molecule has 1 rings (SSSR count). The molecule has 0 aromatic carbocycles. The first-order valence-electron chi connectivity index (χ1n) is 7.11. The average Bonchev–Trinajstić information content (AvgIpc) is 2.69. The minimum atomic E-state index is 0.0547. The van der Waals surface area contributed by atoms with E-state index in [1.165, 1.54) is 12.8 Å². The van der Waals surface area contributed by atoms with Crippen LogP contribution in [0.15, 0.2) is 0 Å². The van der Waals surface area contributed by atoms with Crippen molar-refractivity contribution in [1.29, 1.82) is 0 Å². The van der Waals surface area contributed by atoms with Gasteiger partial charge in [-0.2, -0.15) is 0 Å². The summed E-state index contributed by atoms with van der Waals surface area (Å²) in [6.07, 6.45) is 4.67. The maximum atomic E-state index is 12.5. The number of unbranched alkanes of at least 4 members (excludes halogenated alkanes) is 2. The van der Waals surface area contributed by atoms with Crippen LogP contribution in [-0.2, 0) is 4.79 Å². The third kappa shape index (κ3) is 3.98. The molecule has 100 valence electrons. The van der Waals surface area contributed by atoms with Gasteiger partial charge in [-0.15, -0.1) is 0 Å². The second kappa shape index (κ2) is 7.00. The Morgan fingerprint density at radius 3 is 2.59 bits per heavy atom. The molecule has 0 radical (unpaired) electrons. The summed E-state index contributed by atoms with van der Waals surface area (Å²) in [4.78, 5) is 14.5. The number of carbonyl (C=O) groups is 1. The number of carbonyl (C=O) groups excluding carboxylic acids is 1. The van der Waals surface area contributed by atoms with E-state index in [1.54, 1.807) is 0 Å². The molecule has 1 amide bonds. The van der Waals surface area contributed by atoms with Gasteiger partial charge in [0.15, 0.2) is 0 Å². The first-order chi connectivity index (χ1) is 8.07. The molecule has 0 aliphatic carbocycles. The first-order valence-corrected chi connectivity index (χ1v) is 7.11. The molecule has 0 aromatic rings. The average molecular weight is 240 g/mol. The largest absolute Gasteiger partial charge is 0.339 e. The quantitative estimate of drug-likeness (QED) is 0.723. The number of amides is 1. The Bertz CT molecular complexity index is 240.